The molecule has 2 atom stereocenters. The second-order valence-corrected chi connectivity index (χ2v) is 6.54. The van der Waals surface area contributed by atoms with E-state index in [1.807, 2.05) is 60.5 Å². The fraction of sp³-hybridized carbons (Fsp3) is 0.250. The van der Waals surface area contributed by atoms with Crippen LogP contribution in [-0.4, -0.2) is 27.5 Å². The topological polar surface area (TPSA) is 75.9 Å². The number of hydrogen-bond donors (Lipinski definition) is 2. The van der Waals surface area contributed by atoms with Gasteiger partial charge in [0.05, 0.1) is 6.20 Å². The molecule has 1 aromatic carbocycles. The predicted octanol–water partition coefficient (Wildman–Crippen LogP) is 3.11. The van der Waals surface area contributed by atoms with E-state index >= 15 is 0 Å². The molecule has 0 spiro atoms. The van der Waals surface area contributed by atoms with E-state index in [0.29, 0.717) is 11.4 Å². The Morgan fingerprint density at radius 2 is 2.15 bits per heavy atom. The Balaban J connectivity index is 0.00000210. The van der Waals surface area contributed by atoms with Crippen LogP contribution in [0.25, 0.3) is 16.8 Å². The molecule has 2 heterocycles. The van der Waals surface area contributed by atoms with Crippen LogP contribution in [0.15, 0.2) is 42.7 Å². The number of methoxy groups -OCH3 is 1. The number of benzene rings is 1. The minimum atomic E-state index is -0.952. The molecule has 1 unspecified atom stereocenters. The number of nitrogens with zero attached hydrogens (tertiary/aromatic N) is 2. The van der Waals surface area contributed by atoms with Crippen LogP contribution in [0.5, 0.6) is 0 Å². The van der Waals surface area contributed by atoms with Crippen molar-refractivity contribution in [3.63, 3.8) is 0 Å². The van der Waals surface area contributed by atoms with Crippen molar-refractivity contribution in [2.24, 2.45) is 5.92 Å². The van der Waals surface area contributed by atoms with Gasteiger partial charge < -0.3 is 26.0 Å². The summed E-state index contributed by atoms with van der Waals surface area (Å²) < 4.78 is 6.89. The Labute approximate surface area is 168 Å². The number of aliphatic hydroxyl groups excluding tert-OH is 1. The molecule has 7 heteroatoms. The molecule has 1 aliphatic carbocycles. The van der Waals surface area contributed by atoms with E-state index in [4.69, 9.17) is 4.74 Å². The molecule has 3 aromatic rings. The number of aryl methyl sites for hydroxylation is 1. The van der Waals surface area contributed by atoms with E-state index < -0.39 is 6.29 Å². The number of aliphatic hydroxyl groups is 1. The number of nitrogens with one attached hydrogen (secondary N) is 1. The number of carbonyl (C=O) groups excluding carboxylic acids is 1. The predicted molar refractivity (Wildman–Crippen MR) is 98.4 cm³/mol. The van der Waals surface area contributed by atoms with Crippen LogP contribution in [0.1, 0.15) is 23.8 Å². The molecular weight excluding hydrogens is 386 g/mol. The summed E-state index contributed by atoms with van der Waals surface area (Å²) >= 11 is 0. The van der Waals surface area contributed by atoms with Gasteiger partial charge in [0.1, 0.15) is 5.65 Å². The molecule has 0 aliphatic heterocycles. The number of fused-ring (bicyclic) bond motifs is 1. The van der Waals surface area contributed by atoms with Gasteiger partial charge in [-0.2, -0.15) is 6.42 Å². The molecule has 4 rings (SSSR count). The molecule has 0 saturated heterocycles. The summed E-state index contributed by atoms with van der Waals surface area (Å²) in [5.41, 5.74) is 4.55. The third-order valence-electron chi connectivity index (χ3n) is 4.59. The second kappa shape index (κ2) is 7.82. The molecule has 1 aliphatic rings. The fourth-order valence-corrected chi connectivity index (χ4v) is 2.95. The number of ether oxygens (including phenoxy) is 1. The number of pyridine rings is 1. The molecule has 0 bridgehead atoms. The average Bonchev–Trinajstić information content (AvgIpc) is 3.42. The Morgan fingerprint density at radius 1 is 1.37 bits per heavy atom. The molecule has 2 N–H and O–H groups in total. The number of amides is 1. The largest absolute Gasteiger partial charge is 0.364 e. The summed E-state index contributed by atoms with van der Waals surface area (Å²) in [7, 11) is 1.47. The minimum Gasteiger partial charge on any atom is -0.364 e. The van der Waals surface area contributed by atoms with Crippen LogP contribution >= 0.6 is 0 Å². The number of aromatic nitrogens is 2. The van der Waals surface area contributed by atoms with Crippen LogP contribution in [-0.2, 0) is 26.6 Å². The zero-order valence-corrected chi connectivity index (χ0v) is 16.1. The minimum absolute atomic E-state index is 0. The molecule has 1 fully saturated rings. The zero-order valence-electron chi connectivity index (χ0n) is 15.0. The van der Waals surface area contributed by atoms with Crippen molar-refractivity contribution in [2.45, 2.75) is 19.6 Å². The molecule has 2 aromatic heterocycles. The maximum atomic E-state index is 11.9. The van der Waals surface area contributed by atoms with Gasteiger partial charge in [-0.3, -0.25) is 4.79 Å². The number of anilines is 1. The van der Waals surface area contributed by atoms with Gasteiger partial charge in [-0.25, -0.2) is 4.98 Å². The maximum Gasteiger partial charge on any atom is 0.196 e. The van der Waals surface area contributed by atoms with E-state index in [0.717, 1.165) is 28.8 Å². The quantitative estimate of drug-likeness (QED) is 0.388. The van der Waals surface area contributed by atoms with Crippen LogP contribution in [0.3, 0.4) is 0 Å². The Bertz CT molecular complexity index is 982. The summed E-state index contributed by atoms with van der Waals surface area (Å²) in [4.78, 5) is 16.3. The van der Waals surface area contributed by atoms with Gasteiger partial charge in [0.25, 0.3) is 0 Å². The van der Waals surface area contributed by atoms with Gasteiger partial charge >= 0.3 is 0 Å². The van der Waals surface area contributed by atoms with E-state index in [1.165, 1.54) is 7.11 Å². The Hall–Kier alpha value is -2.18. The van der Waals surface area contributed by atoms with Crippen molar-refractivity contribution >= 4 is 17.4 Å². The molecule has 27 heavy (non-hydrogen) atoms. The first-order valence-electron chi connectivity index (χ1n) is 8.50. The first kappa shape index (κ1) is 19.6. The zero-order chi connectivity index (χ0) is 18.3. The number of rotatable bonds is 5. The van der Waals surface area contributed by atoms with Gasteiger partial charge in [-0.05, 0) is 41.8 Å². The van der Waals surface area contributed by atoms with Crippen molar-refractivity contribution in [3.8, 4) is 11.1 Å². The van der Waals surface area contributed by atoms with E-state index in [1.54, 1.807) is 0 Å². The normalized spacial score (nSPS) is 16.6. The molecule has 142 valence electrons. The van der Waals surface area contributed by atoms with Gasteiger partial charge in [0.15, 0.2) is 18.0 Å². The van der Waals surface area contributed by atoms with Crippen LogP contribution in [0.4, 0.5) is 5.82 Å². The van der Waals surface area contributed by atoms with Gasteiger partial charge in [-0.1, -0.05) is 12.1 Å². The Kier molecular flexibility index (Phi) is 5.67. The molecule has 6 nitrogen and oxygen atoms in total. The number of imidazole rings is 1. The van der Waals surface area contributed by atoms with Gasteiger partial charge in [-0.15, -0.1) is 5.92 Å². The van der Waals surface area contributed by atoms with Crippen LogP contribution in [0, 0.1) is 19.3 Å². The summed E-state index contributed by atoms with van der Waals surface area (Å²) in [5.74, 6) is 0.562. The third kappa shape index (κ3) is 4.06. The van der Waals surface area contributed by atoms with Crippen molar-refractivity contribution in [1.29, 1.82) is 0 Å². The average molecular weight is 406 g/mol. The van der Waals surface area contributed by atoms with Crippen LogP contribution < -0.4 is 5.32 Å². The van der Waals surface area contributed by atoms with Crippen molar-refractivity contribution in [3.05, 3.63) is 60.3 Å². The fourth-order valence-electron chi connectivity index (χ4n) is 2.95. The standard InChI is InChI=1S/C20H20N3O3.Fe/c1-12-3-4-14(20(25)26-2)9-16(12)15-7-8-18-21-17(11-23(18)10-15)22-19(24)13-5-6-13;/h3-5,7-11,13,20,25H,6H2,1-2H3,(H,22,24);/q-1;/t13-,20?;/m0./s1. The number of hydrogen-bond acceptors (Lipinski definition) is 4. The van der Waals surface area contributed by atoms with E-state index in [2.05, 4.69) is 10.3 Å². The number of carbonyl (C=O) groups is 1. The SMILES string of the molecule is COC(O)c1ccc(C)c(-c2ccc3nc(NC(=O)[C@H]4[CH-]C4)cn3c2)c1.[Fe]. The van der Waals surface area contributed by atoms with Crippen molar-refractivity contribution in [1.82, 2.24) is 9.38 Å². The Morgan fingerprint density at radius 3 is 2.85 bits per heavy atom. The van der Waals surface area contributed by atoms with Gasteiger partial charge in [0, 0.05) is 35.9 Å². The first-order valence-corrected chi connectivity index (χ1v) is 8.50. The van der Waals surface area contributed by atoms with Crippen molar-refractivity contribution < 1.29 is 31.7 Å². The third-order valence-corrected chi connectivity index (χ3v) is 4.59. The smallest absolute Gasteiger partial charge is 0.196 e. The maximum absolute atomic E-state index is 11.9. The molecule has 1 amide bonds. The molecular formula is C20H20FeN3O3-. The summed E-state index contributed by atoms with van der Waals surface area (Å²) in [5, 5.41) is 12.8. The second-order valence-electron chi connectivity index (χ2n) is 6.54. The summed E-state index contributed by atoms with van der Waals surface area (Å²) in [6.45, 7) is 2.02. The van der Waals surface area contributed by atoms with Crippen molar-refractivity contribution in [2.75, 3.05) is 12.4 Å². The van der Waals surface area contributed by atoms with Crippen LogP contribution in [0.2, 0.25) is 0 Å². The summed E-state index contributed by atoms with van der Waals surface area (Å²) in [6.07, 6.45) is 5.63. The van der Waals surface area contributed by atoms with E-state index in [9.17, 15) is 9.90 Å². The first-order chi connectivity index (χ1) is 12.5. The monoisotopic (exact) mass is 406 g/mol. The van der Waals surface area contributed by atoms with E-state index in [-0.39, 0.29) is 28.9 Å². The molecule has 1 saturated carbocycles. The molecule has 0 radical (unpaired) electrons. The summed E-state index contributed by atoms with van der Waals surface area (Å²) in [6, 6.07) is 9.63. The van der Waals surface area contributed by atoms with Gasteiger partial charge in [0.2, 0.25) is 0 Å².